The van der Waals surface area contributed by atoms with Gasteiger partial charge in [0.2, 0.25) is 0 Å². The number of ether oxygens (including phenoxy) is 2. The molecule has 2 aliphatic heterocycles. The summed E-state index contributed by atoms with van der Waals surface area (Å²) in [6, 6.07) is 0.608. The van der Waals surface area contributed by atoms with Crippen molar-refractivity contribution in [3.8, 4) is 0 Å². The number of rotatable bonds is 8. The van der Waals surface area contributed by atoms with Crippen molar-refractivity contribution in [2.75, 3.05) is 66.6 Å². The molecule has 180 valence electrons. The Bertz CT molecular complexity index is 492. The van der Waals surface area contributed by atoms with Gasteiger partial charge in [0.1, 0.15) is 6.29 Å². The van der Waals surface area contributed by atoms with Crippen LogP contribution in [0.4, 0.5) is 0 Å². The van der Waals surface area contributed by atoms with Crippen LogP contribution in [0.3, 0.4) is 0 Å². The van der Waals surface area contributed by atoms with Crippen molar-refractivity contribution in [2.45, 2.75) is 75.9 Å². The Labute approximate surface area is 190 Å². The summed E-state index contributed by atoms with van der Waals surface area (Å²) in [7, 11) is 4.07. The van der Waals surface area contributed by atoms with Gasteiger partial charge in [0.25, 0.3) is 0 Å². The van der Waals surface area contributed by atoms with Crippen LogP contribution in [0.2, 0.25) is 0 Å². The predicted octanol–water partition coefficient (Wildman–Crippen LogP) is 1.45. The average Bonchev–Trinajstić information content (AvgIpc) is 2.82. The second-order valence-corrected chi connectivity index (χ2v) is 10.4. The molecule has 7 heteroatoms. The zero-order valence-electron chi connectivity index (χ0n) is 20.0. The van der Waals surface area contributed by atoms with Crippen molar-refractivity contribution in [2.24, 2.45) is 11.8 Å². The van der Waals surface area contributed by atoms with Crippen LogP contribution in [0.15, 0.2) is 0 Å². The van der Waals surface area contributed by atoms with Gasteiger partial charge in [0, 0.05) is 59.0 Å². The molecule has 4 rings (SSSR count). The number of hydrogen-bond acceptors (Lipinski definition) is 7. The molecule has 2 heterocycles. The third-order valence-electron chi connectivity index (χ3n) is 8.32. The highest BCUT2D eigenvalue weighted by molar-refractivity contribution is 4.87. The van der Waals surface area contributed by atoms with Crippen molar-refractivity contribution in [3.05, 3.63) is 0 Å². The number of methoxy groups -OCH3 is 1. The van der Waals surface area contributed by atoms with Crippen molar-refractivity contribution >= 4 is 0 Å². The lowest BCUT2D eigenvalue weighted by Gasteiger charge is -2.40. The number of hydrogen-bond donors (Lipinski definition) is 3. The Balaban J connectivity index is 1.05. The Kier molecular flexibility index (Phi) is 9.44. The maximum Gasteiger partial charge on any atom is 0.112 e. The minimum Gasteiger partial charge on any atom is -0.381 e. The zero-order valence-corrected chi connectivity index (χ0v) is 20.0. The summed E-state index contributed by atoms with van der Waals surface area (Å²) in [4.78, 5) is 4.96. The molecule has 2 aliphatic carbocycles. The van der Waals surface area contributed by atoms with Gasteiger partial charge in [-0.25, -0.2) is 0 Å². The molecule has 0 atom stereocenters. The minimum atomic E-state index is 0.270. The van der Waals surface area contributed by atoms with E-state index in [1.165, 1.54) is 77.5 Å². The molecule has 0 aromatic carbocycles. The smallest absolute Gasteiger partial charge is 0.112 e. The lowest BCUT2D eigenvalue weighted by molar-refractivity contribution is 0.00401. The topological polar surface area (TPSA) is 61.0 Å². The Morgan fingerprint density at radius 1 is 0.806 bits per heavy atom. The summed E-state index contributed by atoms with van der Waals surface area (Å²) in [6.07, 6.45) is 11.2. The predicted molar refractivity (Wildman–Crippen MR) is 125 cm³/mol. The van der Waals surface area contributed by atoms with Gasteiger partial charge in [-0.2, -0.15) is 0 Å². The van der Waals surface area contributed by atoms with E-state index in [2.05, 4.69) is 32.8 Å². The summed E-state index contributed by atoms with van der Waals surface area (Å²) in [5, 5.41) is 11.3. The highest BCUT2D eigenvalue weighted by Gasteiger charge is 2.31. The van der Waals surface area contributed by atoms with Crippen LogP contribution < -0.4 is 16.0 Å². The van der Waals surface area contributed by atoms with E-state index in [0.717, 1.165) is 38.1 Å². The van der Waals surface area contributed by atoms with Crippen LogP contribution in [0, 0.1) is 11.8 Å². The van der Waals surface area contributed by atoms with Crippen LogP contribution in [0.5, 0.6) is 0 Å². The van der Waals surface area contributed by atoms with Crippen LogP contribution >= 0.6 is 0 Å². The van der Waals surface area contributed by atoms with Crippen molar-refractivity contribution in [1.82, 2.24) is 25.8 Å². The first-order valence-electron chi connectivity index (χ1n) is 13.0. The fraction of sp³-hybridized carbons (Fsp3) is 1.00. The van der Waals surface area contributed by atoms with Gasteiger partial charge in [0.05, 0.1) is 18.8 Å². The summed E-state index contributed by atoms with van der Waals surface area (Å²) in [5.41, 5.74) is 0. The first-order chi connectivity index (χ1) is 15.2. The van der Waals surface area contributed by atoms with Gasteiger partial charge in [-0.1, -0.05) is 0 Å². The molecule has 3 N–H and O–H groups in total. The van der Waals surface area contributed by atoms with Gasteiger partial charge in [-0.05, 0) is 70.3 Å². The summed E-state index contributed by atoms with van der Waals surface area (Å²) in [5.74, 6) is 1.62. The number of likely N-dealkylation sites (N-methyl/N-ethyl adjacent to an activating group) is 1. The second-order valence-electron chi connectivity index (χ2n) is 10.4. The van der Waals surface area contributed by atoms with Crippen LogP contribution in [0.25, 0.3) is 0 Å². The zero-order chi connectivity index (χ0) is 21.5. The molecule has 0 aromatic rings. The first kappa shape index (κ1) is 23.9. The third-order valence-corrected chi connectivity index (χ3v) is 8.32. The van der Waals surface area contributed by atoms with E-state index in [4.69, 9.17) is 9.47 Å². The number of nitrogens with one attached hydrogen (secondary N) is 3. The van der Waals surface area contributed by atoms with Gasteiger partial charge in [-0.3, -0.25) is 20.9 Å². The maximum atomic E-state index is 6.22. The molecular formula is C24H47N5O2. The molecule has 0 aromatic heterocycles. The monoisotopic (exact) mass is 437 g/mol. The Hall–Kier alpha value is -0.280. The molecule has 0 radical (unpaired) electrons. The highest BCUT2D eigenvalue weighted by atomic mass is 16.5. The van der Waals surface area contributed by atoms with E-state index >= 15 is 0 Å². The first-order valence-corrected chi connectivity index (χ1v) is 13.0. The molecule has 31 heavy (non-hydrogen) atoms. The van der Waals surface area contributed by atoms with Gasteiger partial charge in [0.15, 0.2) is 0 Å². The van der Waals surface area contributed by atoms with Crippen LogP contribution in [0.1, 0.15) is 51.4 Å². The summed E-state index contributed by atoms with van der Waals surface area (Å²) >= 11 is 0. The fourth-order valence-electron chi connectivity index (χ4n) is 5.98. The Morgan fingerprint density at radius 3 is 2.10 bits per heavy atom. The average molecular weight is 438 g/mol. The quantitative estimate of drug-likeness (QED) is 0.531. The van der Waals surface area contributed by atoms with E-state index in [9.17, 15) is 0 Å². The molecule has 4 fully saturated rings. The molecule has 0 unspecified atom stereocenters. The normalized spacial score (nSPS) is 38.9. The molecule has 4 aliphatic rings. The largest absolute Gasteiger partial charge is 0.381 e. The Morgan fingerprint density at radius 2 is 1.45 bits per heavy atom. The highest BCUT2D eigenvalue weighted by Crippen LogP contribution is 2.31. The number of nitrogens with zero attached hydrogens (tertiary/aromatic N) is 2. The van der Waals surface area contributed by atoms with E-state index in [0.29, 0.717) is 18.2 Å². The third kappa shape index (κ3) is 7.36. The van der Waals surface area contributed by atoms with Crippen molar-refractivity contribution in [3.63, 3.8) is 0 Å². The van der Waals surface area contributed by atoms with E-state index < -0.39 is 0 Å². The lowest BCUT2D eigenvalue weighted by atomic mass is 9.78. The molecule has 7 nitrogen and oxygen atoms in total. The van der Waals surface area contributed by atoms with Gasteiger partial charge < -0.3 is 14.4 Å². The maximum absolute atomic E-state index is 6.22. The lowest BCUT2D eigenvalue weighted by Crippen LogP contribution is -2.63. The van der Waals surface area contributed by atoms with E-state index in [-0.39, 0.29) is 6.29 Å². The summed E-state index contributed by atoms with van der Waals surface area (Å²) < 4.78 is 11.8. The van der Waals surface area contributed by atoms with Crippen molar-refractivity contribution in [1.29, 1.82) is 0 Å². The molecular weight excluding hydrogens is 390 g/mol. The van der Waals surface area contributed by atoms with Crippen molar-refractivity contribution < 1.29 is 9.47 Å². The van der Waals surface area contributed by atoms with Gasteiger partial charge in [-0.15, -0.1) is 0 Å². The van der Waals surface area contributed by atoms with E-state index in [1.807, 2.05) is 7.11 Å². The molecule has 2 saturated carbocycles. The van der Waals surface area contributed by atoms with Crippen LogP contribution in [-0.4, -0.2) is 101 Å². The molecule has 0 bridgehead atoms. The standard InChI is InChI=1S/C24H47N5O2/c1-28-11-13-29(14-12-28)15-16-31-23-9-5-21(6-10-23)27-24-25-17-20(18-26-24)19-3-7-22(30-2)8-4-19/h19-27H,3-18H2,1-2H3. The number of piperazine rings is 1. The molecule has 2 saturated heterocycles. The minimum absolute atomic E-state index is 0.270. The van der Waals surface area contributed by atoms with Crippen LogP contribution in [-0.2, 0) is 9.47 Å². The van der Waals surface area contributed by atoms with E-state index in [1.54, 1.807) is 0 Å². The SMILES string of the molecule is COC1CCC(C2CNC(NC3CCC(OCCN4CCN(C)CC4)CC3)NC2)CC1. The second kappa shape index (κ2) is 12.3. The molecule has 0 amide bonds. The fourth-order valence-corrected chi connectivity index (χ4v) is 5.98. The van der Waals surface area contributed by atoms with Gasteiger partial charge >= 0.3 is 0 Å². The molecule has 0 spiro atoms. The summed E-state index contributed by atoms with van der Waals surface area (Å²) in [6.45, 7) is 9.02.